The van der Waals surface area contributed by atoms with E-state index in [1.807, 2.05) is 0 Å². The molecule has 0 radical (unpaired) electrons. The number of anilines is 1. The van der Waals surface area contributed by atoms with Gasteiger partial charge in [0.25, 0.3) is 0 Å². The van der Waals surface area contributed by atoms with Gasteiger partial charge in [0.15, 0.2) is 0 Å². The maximum Gasteiger partial charge on any atom is 0.419 e. The van der Waals surface area contributed by atoms with Crippen molar-refractivity contribution < 1.29 is 44.3 Å². The summed E-state index contributed by atoms with van der Waals surface area (Å²) in [6, 6.07) is 4.80. The van der Waals surface area contributed by atoms with E-state index < -0.39 is 61.3 Å². The van der Waals surface area contributed by atoms with Crippen LogP contribution in [0.2, 0.25) is 0 Å². The van der Waals surface area contributed by atoms with Gasteiger partial charge in [-0.25, -0.2) is 18.2 Å². The zero-order valence-electron chi connectivity index (χ0n) is 17.1. The molecular formula is C20H18F6N2O4S. The van der Waals surface area contributed by atoms with Crippen molar-refractivity contribution in [3.8, 4) is 0 Å². The van der Waals surface area contributed by atoms with Gasteiger partial charge in [0.05, 0.1) is 22.6 Å². The highest BCUT2D eigenvalue weighted by Crippen LogP contribution is 2.47. The van der Waals surface area contributed by atoms with E-state index in [9.17, 15) is 39.6 Å². The summed E-state index contributed by atoms with van der Waals surface area (Å²) in [5, 5.41) is 0. The third kappa shape index (κ3) is 4.13. The van der Waals surface area contributed by atoms with Crippen molar-refractivity contribution >= 4 is 21.6 Å². The van der Waals surface area contributed by atoms with E-state index >= 15 is 0 Å². The summed E-state index contributed by atoms with van der Waals surface area (Å²) in [6.07, 6.45) is -9.81. The molecule has 1 aliphatic heterocycles. The topological polar surface area (TPSA) is 76.6 Å². The molecule has 1 unspecified atom stereocenters. The number of alkyl halides is 6. The number of esters is 1. The Balaban J connectivity index is 2.34. The first kappa shape index (κ1) is 24.8. The average Bonchev–Trinajstić information content (AvgIpc) is 3.19. The molecule has 2 aromatic rings. The molecule has 1 aromatic carbocycles. The Hall–Kier alpha value is -2.83. The summed E-state index contributed by atoms with van der Waals surface area (Å²) < 4.78 is 114. The number of halogens is 6. The van der Waals surface area contributed by atoms with Crippen LogP contribution in [0.3, 0.4) is 0 Å². The highest BCUT2D eigenvalue weighted by Gasteiger charge is 2.62. The van der Waals surface area contributed by atoms with Crippen LogP contribution in [0.25, 0.3) is 0 Å². The van der Waals surface area contributed by atoms with Gasteiger partial charge in [-0.1, -0.05) is 12.1 Å². The highest BCUT2D eigenvalue weighted by atomic mass is 32.2. The van der Waals surface area contributed by atoms with E-state index in [0.29, 0.717) is 23.1 Å². The minimum absolute atomic E-state index is 0.111. The Morgan fingerprint density at radius 3 is 2.27 bits per heavy atom. The first-order valence-electron chi connectivity index (χ1n) is 9.66. The molecule has 3 rings (SSSR count). The lowest BCUT2D eigenvalue weighted by Gasteiger charge is -2.37. The van der Waals surface area contributed by atoms with Crippen LogP contribution in [0.4, 0.5) is 32.2 Å². The van der Waals surface area contributed by atoms with Crippen LogP contribution in [0.1, 0.15) is 30.9 Å². The Morgan fingerprint density at radius 2 is 1.67 bits per heavy atom. The first-order chi connectivity index (χ1) is 15.3. The van der Waals surface area contributed by atoms with Crippen LogP contribution in [0, 0.1) is 0 Å². The molecule has 1 atom stereocenters. The van der Waals surface area contributed by atoms with Gasteiger partial charge >= 0.3 is 18.3 Å². The quantitative estimate of drug-likeness (QED) is 0.450. The molecule has 180 valence electrons. The first-order valence-corrected chi connectivity index (χ1v) is 11.1. The van der Waals surface area contributed by atoms with Gasteiger partial charge in [-0.3, -0.25) is 0 Å². The minimum atomic E-state index is -5.27. The SMILES string of the molecule is CCOC(=O)C1(S(=O)(=O)c2ccccc2C(F)(F)F)CCCN1c1ncccc1C(F)(F)F. The second-order valence-corrected chi connectivity index (χ2v) is 9.25. The summed E-state index contributed by atoms with van der Waals surface area (Å²) in [7, 11) is -5.27. The molecule has 1 fully saturated rings. The molecule has 1 aromatic heterocycles. The zero-order valence-corrected chi connectivity index (χ0v) is 17.9. The lowest BCUT2D eigenvalue weighted by atomic mass is 10.2. The van der Waals surface area contributed by atoms with Crippen molar-refractivity contribution in [2.75, 3.05) is 18.1 Å². The van der Waals surface area contributed by atoms with Crippen molar-refractivity contribution in [1.82, 2.24) is 4.98 Å². The molecule has 2 heterocycles. The van der Waals surface area contributed by atoms with E-state index in [1.54, 1.807) is 0 Å². The molecule has 0 N–H and O–H groups in total. The normalized spacial score (nSPS) is 19.5. The molecule has 0 spiro atoms. The number of aromatic nitrogens is 1. The van der Waals surface area contributed by atoms with Crippen molar-refractivity contribution in [2.45, 2.75) is 41.9 Å². The van der Waals surface area contributed by atoms with Crippen molar-refractivity contribution in [1.29, 1.82) is 0 Å². The lowest BCUT2D eigenvalue weighted by molar-refractivity contribution is -0.147. The second-order valence-electron chi connectivity index (χ2n) is 7.13. The third-order valence-corrected chi connectivity index (χ3v) is 7.62. The maximum atomic E-state index is 13.7. The smallest absolute Gasteiger partial charge is 0.419 e. The fourth-order valence-electron chi connectivity index (χ4n) is 3.86. The van der Waals surface area contributed by atoms with Gasteiger partial charge in [-0.05, 0) is 44.0 Å². The summed E-state index contributed by atoms with van der Waals surface area (Å²) >= 11 is 0. The number of rotatable bonds is 5. The number of hydrogen-bond donors (Lipinski definition) is 0. The number of nitrogens with zero attached hydrogens (tertiary/aromatic N) is 2. The van der Waals surface area contributed by atoms with E-state index in [0.717, 1.165) is 24.4 Å². The summed E-state index contributed by atoms with van der Waals surface area (Å²) in [5.41, 5.74) is -2.88. The number of carbonyl (C=O) groups is 1. The molecule has 0 bridgehead atoms. The number of pyridine rings is 1. The van der Waals surface area contributed by atoms with Crippen LogP contribution >= 0.6 is 0 Å². The molecule has 0 saturated carbocycles. The van der Waals surface area contributed by atoms with Gasteiger partial charge < -0.3 is 9.64 Å². The van der Waals surface area contributed by atoms with E-state index in [4.69, 9.17) is 4.74 Å². The largest absolute Gasteiger partial charge is 0.463 e. The summed E-state index contributed by atoms with van der Waals surface area (Å²) in [5.74, 6) is -2.36. The molecule has 1 saturated heterocycles. The molecular weight excluding hydrogens is 478 g/mol. The van der Waals surface area contributed by atoms with Gasteiger partial charge in [0.2, 0.25) is 14.7 Å². The van der Waals surface area contributed by atoms with Crippen molar-refractivity contribution in [2.24, 2.45) is 0 Å². The maximum absolute atomic E-state index is 13.7. The number of carbonyl (C=O) groups excluding carboxylic acids is 1. The number of benzene rings is 1. The summed E-state index contributed by atoms with van der Waals surface area (Å²) in [4.78, 5) is 13.2. The van der Waals surface area contributed by atoms with Crippen LogP contribution in [-0.2, 0) is 31.7 Å². The molecule has 13 heteroatoms. The molecule has 0 aliphatic carbocycles. The Morgan fingerprint density at radius 1 is 1.06 bits per heavy atom. The van der Waals surface area contributed by atoms with Gasteiger partial charge in [0.1, 0.15) is 5.82 Å². The average molecular weight is 496 g/mol. The van der Waals surface area contributed by atoms with Gasteiger partial charge in [-0.15, -0.1) is 0 Å². The van der Waals surface area contributed by atoms with Crippen LogP contribution in [-0.4, -0.2) is 37.4 Å². The van der Waals surface area contributed by atoms with E-state index in [-0.39, 0.29) is 19.6 Å². The predicted molar refractivity (Wildman–Crippen MR) is 104 cm³/mol. The van der Waals surface area contributed by atoms with Gasteiger partial charge in [-0.2, -0.15) is 26.3 Å². The third-order valence-electron chi connectivity index (χ3n) is 5.20. The Labute approximate surface area is 185 Å². The Bertz CT molecular complexity index is 1150. The molecule has 0 amide bonds. The number of sulfone groups is 1. The van der Waals surface area contributed by atoms with E-state index in [2.05, 4.69) is 4.98 Å². The standard InChI is InChI=1S/C20H18F6N2O4S/c1-2-32-17(29)18(33(30,31)15-9-4-3-7-13(15)19(21,22)23)10-6-12-28(18)16-14(20(24,25)26)8-5-11-27-16/h3-5,7-9,11H,2,6,10,12H2,1H3. The monoisotopic (exact) mass is 496 g/mol. The number of ether oxygens (including phenoxy) is 1. The predicted octanol–water partition coefficient (Wildman–Crippen LogP) is 4.45. The van der Waals surface area contributed by atoms with Crippen molar-refractivity contribution in [3.63, 3.8) is 0 Å². The fraction of sp³-hybridized carbons (Fsp3) is 0.400. The second kappa shape index (κ2) is 8.50. The van der Waals surface area contributed by atoms with Crippen LogP contribution < -0.4 is 4.90 Å². The van der Waals surface area contributed by atoms with Gasteiger partial charge in [0, 0.05) is 12.7 Å². The van der Waals surface area contributed by atoms with Crippen LogP contribution in [0.15, 0.2) is 47.5 Å². The minimum Gasteiger partial charge on any atom is -0.463 e. The number of hydrogen-bond acceptors (Lipinski definition) is 6. The fourth-order valence-corrected chi connectivity index (χ4v) is 6.12. The lowest BCUT2D eigenvalue weighted by Crippen LogP contribution is -2.58. The van der Waals surface area contributed by atoms with E-state index in [1.165, 1.54) is 6.92 Å². The van der Waals surface area contributed by atoms with Crippen LogP contribution in [0.5, 0.6) is 0 Å². The highest BCUT2D eigenvalue weighted by molar-refractivity contribution is 7.93. The van der Waals surface area contributed by atoms with Crippen molar-refractivity contribution in [3.05, 3.63) is 53.7 Å². The molecule has 1 aliphatic rings. The molecule has 33 heavy (non-hydrogen) atoms. The molecule has 6 nitrogen and oxygen atoms in total. The zero-order chi connectivity index (χ0) is 24.7. The Kier molecular flexibility index (Phi) is 6.39. The summed E-state index contributed by atoms with van der Waals surface area (Å²) in [6.45, 7) is 0.606.